The smallest absolute Gasteiger partial charge is 0.343 e. The highest BCUT2D eigenvalue weighted by Gasteiger charge is 2.84. The molecule has 0 bridgehead atoms. The molecule has 2 aliphatic heterocycles. The Labute approximate surface area is 293 Å². The third-order valence-corrected chi connectivity index (χ3v) is 13.7. The van der Waals surface area contributed by atoms with E-state index in [2.05, 4.69) is 0 Å². The van der Waals surface area contributed by atoms with E-state index >= 15 is 0 Å². The van der Waals surface area contributed by atoms with Crippen LogP contribution in [-0.4, -0.2) is 98.8 Å². The fraction of sp³-hybridized carbons (Fsp3) is 0.722. The number of ether oxygens (including phenoxy) is 6. The van der Waals surface area contributed by atoms with Crippen molar-refractivity contribution >= 4 is 35.6 Å². The Hall–Kier alpha value is -3.82. The summed E-state index contributed by atoms with van der Waals surface area (Å²) in [5.41, 5.74) is -9.60. The van der Waals surface area contributed by atoms with Crippen LogP contribution in [0.3, 0.4) is 0 Å². The van der Waals surface area contributed by atoms with Crippen LogP contribution in [0.15, 0.2) is 23.2 Å². The maximum Gasteiger partial charge on any atom is 0.343 e. The van der Waals surface area contributed by atoms with Gasteiger partial charge in [-0.1, -0.05) is 20.8 Å². The van der Waals surface area contributed by atoms with Gasteiger partial charge in [-0.3, -0.25) is 24.0 Å². The molecular formula is C36H44O15. The Morgan fingerprint density at radius 2 is 1.35 bits per heavy atom. The van der Waals surface area contributed by atoms with Crippen molar-refractivity contribution < 1.29 is 72.5 Å². The molecule has 5 aliphatic carbocycles. The van der Waals surface area contributed by atoms with Gasteiger partial charge < -0.3 is 43.7 Å². The third kappa shape index (κ3) is 4.16. The molecule has 1 unspecified atom stereocenters. The second-order valence-corrected chi connectivity index (χ2v) is 16.3. The number of carbonyl (C=O) groups excluding carboxylic acids is 6. The van der Waals surface area contributed by atoms with E-state index in [0.717, 1.165) is 20.8 Å². The molecule has 5 fully saturated rings. The minimum absolute atomic E-state index is 0.0662. The van der Waals surface area contributed by atoms with E-state index in [9.17, 15) is 44.1 Å². The van der Waals surface area contributed by atoms with Gasteiger partial charge in [-0.25, -0.2) is 4.79 Å². The first kappa shape index (κ1) is 35.6. The fourth-order valence-corrected chi connectivity index (χ4v) is 11.6. The number of esters is 5. The number of allylic oxidation sites excluding steroid dienone is 1. The zero-order valence-electron chi connectivity index (χ0n) is 29.9. The number of Topliss-reactive ketones (excluding diaryl/α,β-unsaturated/α-hetero) is 1. The van der Waals surface area contributed by atoms with Crippen molar-refractivity contribution in [1.29, 1.82) is 0 Å². The summed E-state index contributed by atoms with van der Waals surface area (Å²) in [6.07, 6.45) is -5.67. The quantitative estimate of drug-likeness (QED) is 0.212. The zero-order valence-corrected chi connectivity index (χ0v) is 29.9. The SMILES string of the molecule is CC(=O)O[C@H]1[C@H]2C(=C(O)C(=O)[C@@]3(O)C[C@@H]4O[C@@H]4[C@H](OC(C)=O)[C@]23C)[C@@H]2[C@@H](OC(C)=O)C3[C@H]([C@H](C)C=C4OC(=O)[C@](C)(O)[C@@]43C)[C@@]2(C)[C@H]1OC(C)=O. The number of rotatable bonds is 4. The fourth-order valence-electron chi connectivity index (χ4n) is 11.6. The largest absolute Gasteiger partial charge is 0.504 e. The van der Waals surface area contributed by atoms with E-state index in [0.29, 0.717) is 0 Å². The molecule has 7 aliphatic rings. The van der Waals surface area contributed by atoms with Gasteiger partial charge in [0.1, 0.15) is 41.9 Å². The lowest BCUT2D eigenvalue weighted by Gasteiger charge is -2.63. The van der Waals surface area contributed by atoms with Gasteiger partial charge in [0.15, 0.2) is 11.4 Å². The molecule has 2 heterocycles. The van der Waals surface area contributed by atoms with Gasteiger partial charge >= 0.3 is 29.8 Å². The van der Waals surface area contributed by atoms with Crippen molar-refractivity contribution in [2.45, 2.75) is 117 Å². The van der Waals surface area contributed by atoms with Crippen LogP contribution in [0, 0.1) is 45.8 Å². The third-order valence-electron chi connectivity index (χ3n) is 13.7. The molecule has 2 saturated heterocycles. The van der Waals surface area contributed by atoms with Crippen LogP contribution in [0.2, 0.25) is 0 Å². The number of fused-ring (bicyclic) bond motifs is 10. The molecular weight excluding hydrogens is 672 g/mol. The van der Waals surface area contributed by atoms with E-state index in [1.165, 1.54) is 20.8 Å². The van der Waals surface area contributed by atoms with Gasteiger partial charge in [0.05, 0.1) is 16.9 Å². The maximum atomic E-state index is 14.5. The normalized spacial score (nSPS) is 50.2. The van der Waals surface area contributed by atoms with Gasteiger partial charge in [-0.2, -0.15) is 0 Å². The molecule has 0 amide bonds. The number of ketones is 1. The molecule has 3 N–H and O–H groups in total. The molecule has 3 saturated carbocycles. The first-order chi connectivity index (χ1) is 23.5. The Morgan fingerprint density at radius 3 is 1.92 bits per heavy atom. The van der Waals surface area contributed by atoms with Gasteiger partial charge in [0.2, 0.25) is 5.78 Å². The summed E-state index contributed by atoms with van der Waals surface area (Å²) in [5, 5.41) is 36.6. The minimum Gasteiger partial charge on any atom is -0.504 e. The van der Waals surface area contributed by atoms with Crippen LogP contribution in [0.5, 0.6) is 0 Å². The Morgan fingerprint density at radius 1 is 0.804 bits per heavy atom. The number of aliphatic hydroxyl groups excluding tert-OH is 1. The summed E-state index contributed by atoms with van der Waals surface area (Å²) >= 11 is 0. The predicted molar refractivity (Wildman–Crippen MR) is 167 cm³/mol. The molecule has 51 heavy (non-hydrogen) atoms. The molecule has 0 aromatic heterocycles. The van der Waals surface area contributed by atoms with Gasteiger partial charge in [0, 0.05) is 57.3 Å². The average molecular weight is 717 g/mol. The number of epoxide rings is 1. The van der Waals surface area contributed by atoms with Crippen LogP contribution < -0.4 is 0 Å². The number of hydrogen-bond donors (Lipinski definition) is 3. The van der Waals surface area contributed by atoms with Crippen molar-refractivity contribution in [3.63, 3.8) is 0 Å². The molecule has 0 spiro atoms. The van der Waals surface area contributed by atoms with Crippen molar-refractivity contribution in [3.05, 3.63) is 23.2 Å². The Bertz CT molecular complexity index is 1740. The maximum absolute atomic E-state index is 14.5. The van der Waals surface area contributed by atoms with E-state index in [1.54, 1.807) is 19.9 Å². The molecule has 278 valence electrons. The highest BCUT2D eigenvalue weighted by atomic mass is 16.6. The standard InChI is InChI=1S/C36H44O15/c1-12-10-18-33(7,35(9,44)31(43)51-18)23-20(12)32(6)21(26(23)46-13(2)37)19-22(27(47-14(3)38)29(32)48-15(4)39)34(8)30(49-16(5)40)25-17(50-25)11-36(34,45)28(42)24(19)41/h10,12,17,20-23,25-27,29-30,41,44-45H,11H2,1-9H3/t12-,17+,20+,21-,22-,23?,25+,26-,27+,29+,30+,32-,33+,34+,35+,36+/m1/s1. The van der Waals surface area contributed by atoms with Crippen LogP contribution in [-0.2, 0) is 57.2 Å². The van der Waals surface area contributed by atoms with Gasteiger partial charge in [-0.05, 0) is 37.3 Å². The minimum atomic E-state index is -2.44. The summed E-state index contributed by atoms with van der Waals surface area (Å²) in [6, 6.07) is 0. The van der Waals surface area contributed by atoms with Crippen molar-refractivity contribution in [2.75, 3.05) is 0 Å². The van der Waals surface area contributed by atoms with Crippen LogP contribution >= 0.6 is 0 Å². The monoisotopic (exact) mass is 716 g/mol. The highest BCUT2D eigenvalue weighted by Crippen LogP contribution is 2.76. The lowest BCUT2D eigenvalue weighted by Crippen LogP contribution is -2.75. The molecule has 0 radical (unpaired) electrons. The first-order valence-corrected chi connectivity index (χ1v) is 17.2. The predicted octanol–water partition coefficient (Wildman–Crippen LogP) is 1.36. The second-order valence-electron chi connectivity index (χ2n) is 16.3. The first-order valence-electron chi connectivity index (χ1n) is 17.2. The molecule has 0 aromatic carbocycles. The summed E-state index contributed by atoms with van der Waals surface area (Å²) in [5.74, 6) is -10.8. The highest BCUT2D eigenvalue weighted by molar-refractivity contribution is 6.03. The van der Waals surface area contributed by atoms with E-state index in [-0.39, 0.29) is 17.8 Å². The molecule has 7 rings (SSSR count). The number of hydrogen-bond acceptors (Lipinski definition) is 15. The number of carbonyl (C=O) groups is 6. The summed E-state index contributed by atoms with van der Waals surface area (Å²) in [4.78, 5) is 79.7. The summed E-state index contributed by atoms with van der Waals surface area (Å²) in [7, 11) is 0. The Kier molecular flexibility index (Phi) is 7.41. The Balaban J connectivity index is 1.58. The second kappa shape index (κ2) is 10.6. The van der Waals surface area contributed by atoms with E-state index in [1.807, 2.05) is 6.92 Å². The molecule has 15 nitrogen and oxygen atoms in total. The van der Waals surface area contributed by atoms with Crippen LogP contribution in [0.1, 0.15) is 68.7 Å². The average Bonchev–Trinajstić information content (AvgIpc) is 3.67. The van der Waals surface area contributed by atoms with Crippen LogP contribution in [0.25, 0.3) is 0 Å². The van der Waals surface area contributed by atoms with E-state index in [4.69, 9.17) is 28.4 Å². The summed E-state index contributed by atoms with van der Waals surface area (Å²) < 4.78 is 35.7. The van der Waals surface area contributed by atoms with E-state index < -0.39 is 135 Å². The zero-order chi connectivity index (χ0) is 37.7. The molecule has 16 atom stereocenters. The topological polar surface area (TPSA) is 222 Å². The van der Waals surface area contributed by atoms with Crippen molar-refractivity contribution in [1.82, 2.24) is 0 Å². The van der Waals surface area contributed by atoms with Gasteiger partial charge in [0.25, 0.3) is 0 Å². The van der Waals surface area contributed by atoms with Crippen LogP contribution in [0.4, 0.5) is 0 Å². The lowest BCUT2D eigenvalue weighted by molar-refractivity contribution is -0.246. The molecule has 0 aromatic rings. The van der Waals surface area contributed by atoms with Crippen molar-refractivity contribution in [3.8, 4) is 0 Å². The van der Waals surface area contributed by atoms with Gasteiger partial charge in [-0.15, -0.1) is 0 Å². The lowest BCUT2D eigenvalue weighted by atomic mass is 9.43. The van der Waals surface area contributed by atoms with Crippen molar-refractivity contribution in [2.24, 2.45) is 45.8 Å². The summed E-state index contributed by atoms with van der Waals surface area (Å²) in [6.45, 7) is 12.5. The molecule has 15 heteroatoms. The number of aliphatic hydroxyl groups is 3.